The summed E-state index contributed by atoms with van der Waals surface area (Å²) >= 11 is 0. The molecule has 0 radical (unpaired) electrons. The highest BCUT2D eigenvalue weighted by Gasteiger charge is 2.32. The number of rotatable bonds is 6. The second-order valence-electron chi connectivity index (χ2n) is 7.45. The summed E-state index contributed by atoms with van der Waals surface area (Å²) in [7, 11) is 0. The lowest BCUT2D eigenvalue weighted by Crippen LogP contribution is -2.43. The molecule has 3 aromatic carbocycles. The van der Waals surface area contributed by atoms with Crippen LogP contribution in [0.1, 0.15) is 35.2 Å². The Balaban J connectivity index is 1.98. The standard InChI is InChI=1S/C25H20N4O5/c1-2-34-20-13-18(12-19(24(20)30)29(32)33)23-21(16-6-4-3-5-7-16)22(27-25(31)28-23)17-10-8-15(14-26)9-11-17/h3-13,23,30H,2H2,1H3,(H2,27,28,31). The molecule has 0 saturated carbocycles. The third-order valence-electron chi connectivity index (χ3n) is 5.37. The van der Waals surface area contributed by atoms with E-state index in [4.69, 9.17) is 10.00 Å². The maximum absolute atomic E-state index is 12.7. The minimum Gasteiger partial charge on any atom is -0.500 e. The van der Waals surface area contributed by atoms with Crippen LogP contribution in [0.15, 0.2) is 66.7 Å². The van der Waals surface area contributed by atoms with Crippen molar-refractivity contribution in [2.75, 3.05) is 6.61 Å². The van der Waals surface area contributed by atoms with E-state index >= 15 is 0 Å². The number of phenols is 1. The summed E-state index contributed by atoms with van der Waals surface area (Å²) in [6.07, 6.45) is 0. The first-order chi connectivity index (χ1) is 16.4. The van der Waals surface area contributed by atoms with E-state index in [1.165, 1.54) is 12.1 Å². The monoisotopic (exact) mass is 456 g/mol. The predicted octanol–water partition coefficient (Wildman–Crippen LogP) is 4.49. The van der Waals surface area contributed by atoms with Gasteiger partial charge in [-0.15, -0.1) is 0 Å². The Morgan fingerprint density at radius 3 is 2.44 bits per heavy atom. The van der Waals surface area contributed by atoms with Gasteiger partial charge in [0.15, 0.2) is 5.75 Å². The van der Waals surface area contributed by atoms with Crippen molar-refractivity contribution >= 4 is 23.0 Å². The molecule has 0 fully saturated rings. The van der Waals surface area contributed by atoms with E-state index in [9.17, 15) is 20.0 Å². The molecule has 170 valence electrons. The second-order valence-corrected chi connectivity index (χ2v) is 7.45. The fourth-order valence-electron chi connectivity index (χ4n) is 3.87. The number of urea groups is 1. The Hall–Kier alpha value is -4.84. The molecular formula is C25H20N4O5. The number of aromatic hydroxyl groups is 1. The summed E-state index contributed by atoms with van der Waals surface area (Å²) in [4.78, 5) is 23.6. The molecule has 0 spiro atoms. The van der Waals surface area contributed by atoms with Crippen molar-refractivity contribution in [2.24, 2.45) is 0 Å². The lowest BCUT2D eigenvalue weighted by atomic mass is 9.87. The molecule has 1 aliphatic heterocycles. The SMILES string of the molecule is CCOc1cc(C2NC(=O)NC(c3ccc(C#N)cc3)=C2c2ccccc2)cc([N+](=O)[O-])c1O. The van der Waals surface area contributed by atoms with Gasteiger partial charge in [0.2, 0.25) is 5.75 Å². The molecule has 1 atom stereocenters. The first-order valence-electron chi connectivity index (χ1n) is 10.4. The molecule has 0 aliphatic carbocycles. The summed E-state index contributed by atoms with van der Waals surface area (Å²) in [5.41, 5.74) is 2.90. The van der Waals surface area contributed by atoms with Crippen molar-refractivity contribution in [3.05, 3.63) is 99.1 Å². The van der Waals surface area contributed by atoms with Crippen LogP contribution in [-0.2, 0) is 0 Å². The molecule has 2 amide bonds. The van der Waals surface area contributed by atoms with E-state index in [-0.39, 0.29) is 12.4 Å². The van der Waals surface area contributed by atoms with Crippen molar-refractivity contribution in [3.63, 3.8) is 0 Å². The largest absolute Gasteiger partial charge is 0.500 e. The fraction of sp³-hybridized carbons (Fsp3) is 0.120. The van der Waals surface area contributed by atoms with Gasteiger partial charge >= 0.3 is 11.7 Å². The highest BCUT2D eigenvalue weighted by molar-refractivity contribution is 6.03. The van der Waals surface area contributed by atoms with Crippen LogP contribution in [-0.4, -0.2) is 22.7 Å². The molecule has 1 heterocycles. The van der Waals surface area contributed by atoms with Crippen molar-refractivity contribution in [2.45, 2.75) is 13.0 Å². The molecule has 1 aliphatic rings. The van der Waals surface area contributed by atoms with Crippen LogP contribution in [0.5, 0.6) is 11.5 Å². The number of carbonyl (C=O) groups excluding carboxylic acids is 1. The van der Waals surface area contributed by atoms with Gasteiger partial charge in [-0.05, 0) is 41.8 Å². The quantitative estimate of drug-likeness (QED) is 0.369. The van der Waals surface area contributed by atoms with E-state index in [2.05, 4.69) is 16.7 Å². The van der Waals surface area contributed by atoms with Gasteiger partial charge in [0, 0.05) is 11.6 Å². The minimum absolute atomic E-state index is 0.0492. The number of amides is 2. The van der Waals surface area contributed by atoms with E-state index in [0.717, 1.165) is 5.56 Å². The number of benzene rings is 3. The summed E-state index contributed by atoms with van der Waals surface area (Å²) in [6.45, 7) is 1.88. The molecule has 0 bridgehead atoms. The zero-order valence-corrected chi connectivity index (χ0v) is 18.1. The summed E-state index contributed by atoms with van der Waals surface area (Å²) < 4.78 is 5.43. The summed E-state index contributed by atoms with van der Waals surface area (Å²) in [5, 5.41) is 36.8. The van der Waals surface area contributed by atoms with Crippen molar-refractivity contribution in [3.8, 4) is 17.6 Å². The van der Waals surface area contributed by atoms with E-state index in [0.29, 0.717) is 28.0 Å². The number of nitriles is 1. The lowest BCUT2D eigenvalue weighted by Gasteiger charge is -2.31. The molecule has 4 rings (SSSR count). The number of ether oxygens (including phenoxy) is 1. The number of phenolic OH excluding ortho intramolecular Hbond substituents is 1. The van der Waals surface area contributed by atoms with Gasteiger partial charge in [-0.2, -0.15) is 5.26 Å². The molecule has 3 aromatic rings. The van der Waals surface area contributed by atoms with E-state index in [1.807, 2.05) is 30.3 Å². The highest BCUT2D eigenvalue weighted by Crippen LogP contribution is 2.44. The minimum atomic E-state index is -0.791. The Labute approximate surface area is 195 Å². The Kier molecular flexibility index (Phi) is 6.14. The van der Waals surface area contributed by atoms with Gasteiger partial charge in [0.1, 0.15) is 0 Å². The topological polar surface area (TPSA) is 138 Å². The van der Waals surface area contributed by atoms with Crippen LogP contribution in [0.4, 0.5) is 10.5 Å². The number of nitro benzene ring substituents is 1. The smallest absolute Gasteiger partial charge is 0.320 e. The van der Waals surface area contributed by atoms with Gasteiger partial charge in [-0.1, -0.05) is 42.5 Å². The van der Waals surface area contributed by atoms with Gasteiger partial charge in [0.25, 0.3) is 0 Å². The zero-order valence-electron chi connectivity index (χ0n) is 18.1. The molecule has 34 heavy (non-hydrogen) atoms. The lowest BCUT2D eigenvalue weighted by molar-refractivity contribution is -0.386. The molecule has 3 N–H and O–H groups in total. The second kappa shape index (κ2) is 9.34. The predicted molar refractivity (Wildman–Crippen MR) is 125 cm³/mol. The number of nitro groups is 1. The average Bonchev–Trinajstić information content (AvgIpc) is 2.85. The van der Waals surface area contributed by atoms with E-state index in [1.54, 1.807) is 31.2 Å². The number of hydrogen-bond donors (Lipinski definition) is 3. The number of hydrogen-bond acceptors (Lipinski definition) is 6. The van der Waals surface area contributed by atoms with Crippen LogP contribution in [0.3, 0.4) is 0 Å². The normalized spacial score (nSPS) is 15.2. The number of nitrogens with zero attached hydrogens (tertiary/aromatic N) is 2. The Bertz CT molecular complexity index is 1330. The van der Waals surface area contributed by atoms with Crippen LogP contribution < -0.4 is 15.4 Å². The van der Waals surface area contributed by atoms with Gasteiger partial charge in [-0.25, -0.2) is 4.79 Å². The molecule has 0 aromatic heterocycles. The van der Waals surface area contributed by atoms with Crippen LogP contribution in [0.25, 0.3) is 11.3 Å². The first-order valence-corrected chi connectivity index (χ1v) is 10.4. The zero-order chi connectivity index (χ0) is 24.2. The maximum Gasteiger partial charge on any atom is 0.320 e. The third-order valence-corrected chi connectivity index (χ3v) is 5.37. The first kappa shape index (κ1) is 22.4. The highest BCUT2D eigenvalue weighted by atomic mass is 16.6. The third kappa shape index (κ3) is 4.25. The van der Waals surface area contributed by atoms with Crippen molar-refractivity contribution < 1.29 is 19.6 Å². The average molecular weight is 456 g/mol. The van der Waals surface area contributed by atoms with Gasteiger partial charge < -0.3 is 20.5 Å². The Morgan fingerprint density at radius 1 is 1.12 bits per heavy atom. The van der Waals surface area contributed by atoms with Crippen molar-refractivity contribution in [1.82, 2.24) is 10.6 Å². The number of nitrogens with one attached hydrogen (secondary N) is 2. The van der Waals surface area contributed by atoms with Gasteiger partial charge in [-0.3, -0.25) is 10.1 Å². The Morgan fingerprint density at radius 2 is 1.82 bits per heavy atom. The maximum atomic E-state index is 12.7. The molecule has 0 saturated heterocycles. The molecule has 9 nitrogen and oxygen atoms in total. The summed E-state index contributed by atoms with van der Waals surface area (Å²) in [5.74, 6) is -0.625. The fourth-order valence-corrected chi connectivity index (χ4v) is 3.87. The molecule has 9 heteroatoms. The van der Waals surface area contributed by atoms with Crippen LogP contribution in [0, 0.1) is 21.4 Å². The molecular weight excluding hydrogens is 436 g/mol. The van der Waals surface area contributed by atoms with Gasteiger partial charge in [0.05, 0.1) is 34.9 Å². The van der Waals surface area contributed by atoms with Crippen LogP contribution >= 0.6 is 0 Å². The summed E-state index contributed by atoms with van der Waals surface area (Å²) in [6, 6.07) is 19.5. The van der Waals surface area contributed by atoms with Crippen LogP contribution in [0.2, 0.25) is 0 Å². The van der Waals surface area contributed by atoms with E-state index < -0.39 is 28.4 Å². The van der Waals surface area contributed by atoms with Crippen molar-refractivity contribution in [1.29, 1.82) is 5.26 Å². The molecule has 1 unspecified atom stereocenters. The number of carbonyl (C=O) groups is 1.